The average Bonchev–Trinajstić information content (AvgIpc) is 2.27. The van der Waals surface area contributed by atoms with Gasteiger partial charge in [0.1, 0.15) is 0 Å². The Balaban J connectivity index is 2.56. The van der Waals surface area contributed by atoms with Gasteiger partial charge in [0, 0.05) is 25.0 Å². The van der Waals surface area contributed by atoms with E-state index >= 15 is 0 Å². The maximum atomic E-state index is 11.0. The van der Waals surface area contributed by atoms with Crippen LogP contribution >= 0.6 is 0 Å². The highest BCUT2D eigenvalue weighted by atomic mass is 16.5. The lowest BCUT2D eigenvalue weighted by Gasteiger charge is -2.13. The molecule has 0 N–H and O–H groups in total. The van der Waals surface area contributed by atoms with Crippen LogP contribution < -0.4 is 4.90 Å². The molecule has 0 unspecified atom stereocenters. The first-order valence-electron chi connectivity index (χ1n) is 4.87. The van der Waals surface area contributed by atoms with E-state index in [1.165, 1.54) is 6.08 Å². The Bertz CT molecular complexity index is 333. The summed E-state index contributed by atoms with van der Waals surface area (Å²) in [5, 5.41) is 0. The second-order valence-corrected chi connectivity index (χ2v) is 3.01. The second kappa shape index (κ2) is 5.86. The Morgan fingerprint density at radius 1 is 1.40 bits per heavy atom. The van der Waals surface area contributed by atoms with E-state index in [0.29, 0.717) is 6.61 Å². The number of para-hydroxylation sites is 1. The lowest BCUT2D eigenvalue weighted by Crippen LogP contribution is -2.09. The van der Waals surface area contributed by atoms with Crippen molar-refractivity contribution in [3.63, 3.8) is 0 Å². The van der Waals surface area contributed by atoms with Crippen LogP contribution in [-0.2, 0) is 9.53 Å². The van der Waals surface area contributed by atoms with E-state index in [0.717, 1.165) is 5.69 Å². The van der Waals surface area contributed by atoms with Gasteiger partial charge in [-0.15, -0.1) is 0 Å². The standard InChI is InChI=1S/C12H15NO2/c1-3-15-12(14)9-10-13(2)11-7-5-4-6-8-11/h4-10H,3H2,1-2H3. The van der Waals surface area contributed by atoms with Crippen LogP contribution in [0.1, 0.15) is 6.92 Å². The van der Waals surface area contributed by atoms with Crippen molar-refractivity contribution >= 4 is 11.7 Å². The first kappa shape index (κ1) is 11.3. The van der Waals surface area contributed by atoms with Gasteiger partial charge in [-0.05, 0) is 19.1 Å². The monoisotopic (exact) mass is 205 g/mol. The Labute approximate surface area is 90.0 Å². The van der Waals surface area contributed by atoms with Crippen molar-refractivity contribution in [3.8, 4) is 0 Å². The van der Waals surface area contributed by atoms with Crippen molar-refractivity contribution in [2.24, 2.45) is 0 Å². The summed E-state index contributed by atoms with van der Waals surface area (Å²) in [6.07, 6.45) is 3.10. The van der Waals surface area contributed by atoms with E-state index < -0.39 is 0 Å². The van der Waals surface area contributed by atoms with Gasteiger partial charge in [-0.1, -0.05) is 18.2 Å². The molecule has 0 aliphatic carbocycles. The first-order chi connectivity index (χ1) is 7.24. The quantitative estimate of drug-likeness (QED) is 0.557. The van der Waals surface area contributed by atoms with Crippen LogP contribution in [0.3, 0.4) is 0 Å². The Morgan fingerprint density at radius 2 is 2.07 bits per heavy atom. The molecule has 1 aromatic rings. The highest BCUT2D eigenvalue weighted by molar-refractivity contribution is 5.82. The van der Waals surface area contributed by atoms with Crippen LogP contribution in [0.4, 0.5) is 5.69 Å². The first-order valence-corrected chi connectivity index (χ1v) is 4.87. The van der Waals surface area contributed by atoms with Gasteiger partial charge in [-0.2, -0.15) is 0 Å². The van der Waals surface area contributed by atoms with Gasteiger partial charge in [-0.3, -0.25) is 0 Å². The Morgan fingerprint density at radius 3 is 2.67 bits per heavy atom. The summed E-state index contributed by atoms with van der Waals surface area (Å²) >= 11 is 0. The highest BCUT2D eigenvalue weighted by Crippen LogP contribution is 2.10. The smallest absolute Gasteiger partial charge is 0.332 e. The summed E-state index contributed by atoms with van der Waals surface area (Å²) in [7, 11) is 1.88. The molecule has 3 nitrogen and oxygen atoms in total. The SMILES string of the molecule is CCOC(=O)C=CN(C)c1ccccc1. The van der Waals surface area contributed by atoms with E-state index in [-0.39, 0.29) is 5.97 Å². The van der Waals surface area contributed by atoms with Crippen LogP contribution in [0.25, 0.3) is 0 Å². The van der Waals surface area contributed by atoms with E-state index in [4.69, 9.17) is 4.74 Å². The minimum atomic E-state index is -0.319. The molecule has 0 atom stereocenters. The Kier molecular flexibility index (Phi) is 4.41. The van der Waals surface area contributed by atoms with Crippen LogP contribution in [0, 0.1) is 0 Å². The van der Waals surface area contributed by atoms with Gasteiger partial charge < -0.3 is 9.64 Å². The van der Waals surface area contributed by atoms with E-state index in [1.54, 1.807) is 13.1 Å². The molecule has 0 amide bonds. The summed E-state index contributed by atoms with van der Waals surface area (Å²) in [5.41, 5.74) is 1.03. The fraction of sp³-hybridized carbons (Fsp3) is 0.250. The number of hydrogen-bond acceptors (Lipinski definition) is 3. The highest BCUT2D eigenvalue weighted by Gasteiger charge is 1.97. The van der Waals surface area contributed by atoms with Crippen molar-refractivity contribution in [3.05, 3.63) is 42.6 Å². The number of benzene rings is 1. The summed E-state index contributed by atoms with van der Waals surface area (Å²) in [6, 6.07) is 9.78. The average molecular weight is 205 g/mol. The van der Waals surface area contributed by atoms with Gasteiger partial charge in [-0.25, -0.2) is 4.79 Å². The molecule has 0 aliphatic heterocycles. The number of nitrogens with zero attached hydrogens (tertiary/aromatic N) is 1. The molecule has 0 saturated carbocycles. The van der Waals surface area contributed by atoms with Crippen molar-refractivity contribution in [2.45, 2.75) is 6.92 Å². The van der Waals surface area contributed by atoms with Crippen LogP contribution in [-0.4, -0.2) is 19.6 Å². The van der Waals surface area contributed by atoms with Gasteiger partial charge in [0.05, 0.1) is 6.61 Å². The van der Waals surface area contributed by atoms with Gasteiger partial charge in [0.25, 0.3) is 0 Å². The molecular formula is C12H15NO2. The summed E-state index contributed by atoms with van der Waals surface area (Å²) < 4.78 is 4.78. The Hall–Kier alpha value is -1.77. The zero-order valence-electron chi connectivity index (χ0n) is 9.01. The normalized spacial score (nSPS) is 10.3. The summed E-state index contributed by atoms with van der Waals surface area (Å²) in [4.78, 5) is 12.9. The minimum Gasteiger partial charge on any atom is -0.463 e. The molecule has 1 rings (SSSR count). The number of rotatable bonds is 4. The summed E-state index contributed by atoms with van der Waals surface area (Å²) in [5.74, 6) is -0.319. The predicted molar refractivity (Wildman–Crippen MR) is 60.6 cm³/mol. The number of carbonyl (C=O) groups excluding carboxylic acids is 1. The fourth-order valence-electron chi connectivity index (χ4n) is 1.11. The molecule has 0 aliphatic rings. The molecule has 0 fully saturated rings. The van der Waals surface area contributed by atoms with E-state index in [9.17, 15) is 4.79 Å². The predicted octanol–water partition coefficient (Wildman–Crippen LogP) is 2.20. The molecule has 80 valence electrons. The lowest BCUT2D eigenvalue weighted by atomic mass is 10.3. The van der Waals surface area contributed by atoms with Crippen LogP contribution in [0.5, 0.6) is 0 Å². The molecule has 0 aromatic heterocycles. The molecule has 0 saturated heterocycles. The maximum absolute atomic E-state index is 11.0. The molecule has 0 radical (unpaired) electrons. The number of anilines is 1. The molecule has 0 bridgehead atoms. The number of ether oxygens (including phenoxy) is 1. The topological polar surface area (TPSA) is 29.5 Å². The number of carbonyl (C=O) groups is 1. The molecule has 1 aromatic carbocycles. The third-order valence-corrected chi connectivity index (χ3v) is 1.88. The third-order valence-electron chi connectivity index (χ3n) is 1.88. The lowest BCUT2D eigenvalue weighted by molar-refractivity contribution is -0.137. The van der Waals surface area contributed by atoms with Crippen molar-refractivity contribution in [1.29, 1.82) is 0 Å². The molecule has 15 heavy (non-hydrogen) atoms. The van der Waals surface area contributed by atoms with Crippen molar-refractivity contribution < 1.29 is 9.53 Å². The minimum absolute atomic E-state index is 0.319. The molecule has 0 spiro atoms. The molecule has 3 heteroatoms. The molecular weight excluding hydrogens is 190 g/mol. The van der Waals surface area contributed by atoms with Crippen molar-refractivity contribution in [2.75, 3.05) is 18.6 Å². The van der Waals surface area contributed by atoms with Crippen LogP contribution in [0.2, 0.25) is 0 Å². The molecule has 0 heterocycles. The summed E-state index contributed by atoms with van der Waals surface area (Å²) in [6.45, 7) is 2.19. The van der Waals surface area contributed by atoms with E-state index in [1.807, 2.05) is 42.3 Å². The van der Waals surface area contributed by atoms with Gasteiger partial charge >= 0.3 is 5.97 Å². The zero-order valence-corrected chi connectivity index (χ0v) is 9.01. The van der Waals surface area contributed by atoms with E-state index in [2.05, 4.69) is 0 Å². The second-order valence-electron chi connectivity index (χ2n) is 3.01. The number of hydrogen-bond donors (Lipinski definition) is 0. The third kappa shape index (κ3) is 3.85. The number of esters is 1. The van der Waals surface area contributed by atoms with Gasteiger partial charge in [0.15, 0.2) is 0 Å². The zero-order chi connectivity index (χ0) is 11.1. The van der Waals surface area contributed by atoms with Crippen molar-refractivity contribution in [1.82, 2.24) is 0 Å². The fourth-order valence-corrected chi connectivity index (χ4v) is 1.11. The van der Waals surface area contributed by atoms with Crippen LogP contribution in [0.15, 0.2) is 42.6 Å². The largest absolute Gasteiger partial charge is 0.463 e. The maximum Gasteiger partial charge on any atom is 0.332 e. The van der Waals surface area contributed by atoms with Gasteiger partial charge in [0.2, 0.25) is 0 Å².